The number of benzene rings is 1. The van der Waals surface area contributed by atoms with E-state index >= 15 is 0 Å². The molecule has 0 aliphatic heterocycles. The van der Waals surface area contributed by atoms with Gasteiger partial charge in [0.05, 0.1) is 5.60 Å². The lowest BCUT2D eigenvalue weighted by Crippen LogP contribution is -2.51. The summed E-state index contributed by atoms with van der Waals surface area (Å²) in [5.41, 5.74) is 1.04. The van der Waals surface area contributed by atoms with Gasteiger partial charge in [-0.2, -0.15) is 0 Å². The van der Waals surface area contributed by atoms with Crippen LogP contribution in [0.4, 0.5) is 4.39 Å². The van der Waals surface area contributed by atoms with Crippen molar-refractivity contribution in [3.05, 3.63) is 35.6 Å². The zero-order valence-corrected chi connectivity index (χ0v) is 17.3. The van der Waals surface area contributed by atoms with E-state index in [4.69, 9.17) is 4.74 Å². The first-order chi connectivity index (χ1) is 10.9. The lowest BCUT2D eigenvalue weighted by Gasteiger charge is -2.43. The molecule has 0 amide bonds. The summed E-state index contributed by atoms with van der Waals surface area (Å²) in [4.78, 5) is 4.27. The van der Waals surface area contributed by atoms with E-state index in [1.165, 1.54) is 12.0 Å². The van der Waals surface area contributed by atoms with Gasteiger partial charge in [-0.05, 0) is 44.4 Å². The Morgan fingerprint density at radius 2 is 1.88 bits per heavy atom. The van der Waals surface area contributed by atoms with Gasteiger partial charge in [0, 0.05) is 32.7 Å². The van der Waals surface area contributed by atoms with Crippen LogP contribution in [0.15, 0.2) is 29.3 Å². The summed E-state index contributed by atoms with van der Waals surface area (Å²) in [6.07, 6.45) is 3.44. The van der Waals surface area contributed by atoms with E-state index in [9.17, 15) is 4.39 Å². The van der Waals surface area contributed by atoms with Gasteiger partial charge in [0.2, 0.25) is 0 Å². The van der Waals surface area contributed by atoms with Gasteiger partial charge in [0.25, 0.3) is 0 Å². The van der Waals surface area contributed by atoms with Crippen LogP contribution in [0, 0.1) is 5.82 Å². The van der Waals surface area contributed by atoms with Crippen LogP contribution in [-0.2, 0) is 10.2 Å². The first kappa shape index (κ1) is 21.2. The third-order valence-corrected chi connectivity index (χ3v) is 4.82. The molecule has 2 N–H and O–H groups in total. The molecule has 0 heterocycles. The minimum Gasteiger partial charge on any atom is -0.377 e. The highest BCUT2D eigenvalue weighted by Crippen LogP contribution is 2.43. The molecule has 136 valence electrons. The van der Waals surface area contributed by atoms with E-state index in [1.54, 1.807) is 26.3 Å². The average Bonchev–Trinajstić information content (AvgIpc) is 2.50. The molecule has 1 saturated carbocycles. The SMILES string of the molecule is CN=C(NCC(C)(C)OC)NCC1(c2ccc(F)cc2)CCC1.I. The highest BCUT2D eigenvalue weighted by atomic mass is 127. The number of nitrogens with one attached hydrogen (secondary N) is 2. The molecular formula is C18H29FIN3O. The number of halogens is 2. The van der Waals surface area contributed by atoms with Crippen LogP contribution in [0.3, 0.4) is 0 Å². The smallest absolute Gasteiger partial charge is 0.191 e. The molecule has 0 atom stereocenters. The molecule has 1 fully saturated rings. The Morgan fingerprint density at radius 1 is 1.25 bits per heavy atom. The lowest BCUT2D eigenvalue weighted by molar-refractivity contribution is 0.0268. The molecule has 0 unspecified atom stereocenters. The van der Waals surface area contributed by atoms with Crippen LogP contribution >= 0.6 is 24.0 Å². The summed E-state index contributed by atoms with van der Waals surface area (Å²) in [7, 11) is 3.47. The molecule has 24 heavy (non-hydrogen) atoms. The van der Waals surface area contributed by atoms with E-state index in [-0.39, 0.29) is 40.8 Å². The monoisotopic (exact) mass is 449 g/mol. The van der Waals surface area contributed by atoms with Gasteiger partial charge in [-0.25, -0.2) is 4.39 Å². The average molecular weight is 449 g/mol. The zero-order valence-electron chi connectivity index (χ0n) is 15.0. The third kappa shape index (κ3) is 5.31. The van der Waals surface area contributed by atoms with Gasteiger partial charge in [-0.3, -0.25) is 4.99 Å². The number of rotatable bonds is 6. The van der Waals surface area contributed by atoms with Crippen LogP contribution < -0.4 is 10.6 Å². The molecule has 0 bridgehead atoms. The summed E-state index contributed by atoms with van der Waals surface area (Å²) in [6, 6.07) is 6.90. The highest BCUT2D eigenvalue weighted by Gasteiger charge is 2.38. The van der Waals surface area contributed by atoms with Gasteiger partial charge >= 0.3 is 0 Å². The summed E-state index contributed by atoms with van der Waals surface area (Å²) < 4.78 is 18.6. The maximum absolute atomic E-state index is 13.2. The molecule has 0 radical (unpaired) electrons. The molecule has 2 rings (SSSR count). The van der Waals surface area contributed by atoms with Crippen LogP contribution in [0.1, 0.15) is 38.7 Å². The second kappa shape index (κ2) is 8.99. The highest BCUT2D eigenvalue weighted by molar-refractivity contribution is 14.0. The fourth-order valence-electron chi connectivity index (χ4n) is 2.82. The van der Waals surface area contributed by atoms with Gasteiger partial charge < -0.3 is 15.4 Å². The largest absolute Gasteiger partial charge is 0.377 e. The predicted molar refractivity (Wildman–Crippen MR) is 108 cm³/mol. The molecule has 0 spiro atoms. The van der Waals surface area contributed by atoms with E-state index in [1.807, 2.05) is 26.0 Å². The Morgan fingerprint density at radius 3 is 2.33 bits per heavy atom. The lowest BCUT2D eigenvalue weighted by atomic mass is 9.64. The second-order valence-electron chi connectivity index (χ2n) is 6.88. The predicted octanol–water partition coefficient (Wildman–Crippen LogP) is 3.46. The standard InChI is InChI=1S/C18H28FN3O.HI/c1-17(2,23-4)12-21-16(20-3)22-13-18(10-5-11-18)14-6-8-15(19)9-7-14;/h6-9H,5,10-13H2,1-4H3,(H2,20,21,22);1H. The van der Waals surface area contributed by atoms with Crippen molar-refractivity contribution in [2.45, 2.75) is 44.1 Å². The molecular weight excluding hydrogens is 420 g/mol. The Labute approximate surface area is 161 Å². The first-order valence-electron chi connectivity index (χ1n) is 8.16. The number of guanidine groups is 1. The number of hydrogen-bond donors (Lipinski definition) is 2. The van der Waals surface area contributed by atoms with Crippen molar-refractivity contribution < 1.29 is 9.13 Å². The van der Waals surface area contributed by atoms with Crippen molar-refractivity contribution in [2.24, 2.45) is 4.99 Å². The number of hydrogen-bond acceptors (Lipinski definition) is 2. The molecule has 1 aromatic rings. The molecule has 6 heteroatoms. The van der Waals surface area contributed by atoms with Gasteiger partial charge in [0.1, 0.15) is 5.82 Å². The van der Waals surface area contributed by atoms with Gasteiger partial charge in [-0.1, -0.05) is 18.6 Å². The van der Waals surface area contributed by atoms with Gasteiger partial charge in [-0.15, -0.1) is 24.0 Å². The molecule has 1 aromatic carbocycles. The number of methoxy groups -OCH3 is 1. The van der Waals surface area contributed by atoms with Crippen molar-refractivity contribution in [2.75, 3.05) is 27.2 Å². The van der Waals surface area contributed by atoms with E-state index < -0.39 is 0 Å². The first-order valence-corrected chi connectivity index (χ1v) is 8.16. The van der Waals surface area contributed by atoms with Crippen LogP contribution in [0.5, 0.6) is 0 Å². The third-order valence-electron chi connectivity index (χ3n) is 4.82. The van der Waals surface area contributed by atoms with E-state index in [2.05, 4.69) is 15.6 Å². The van der Waals surface area contributed by atoms with Crippen molar-refractivity contribution in [1.29, 1.82) is 0 Å². The van der Waals surface area contributed by atoms with Crippen molar-refractivity contribution in [3.63, 3.8) is 0 Å². The number of aliphatic imine (C=N–C) groups is 1. The maximum atomic E-state index is 13.2. The van der Waals surface area contributed by atoms with Crippen molar-refractivity contribution in [3.8, 4) is 0 Å². The summed E-state index contributed by atoms with van der Waals surface area (Å²) >= 11 is 0. The molecule has 4 nitrogen and oxygen atoms in total. The fraction of sp³-hybridized carbons (Fsp3) is 0.611. The van der Waals surface area contributed by atoms with Crippen LogP contribution in [-0.4, -0.2) is 38.8 Å². The van der Waals surface area contributed by atoms with Gasteiger partial charge in [0.15, 0.2) is 5.96 Å². The molecule has 1 aliphatic carbocycles. The molecule has 1 aliphatic rings. The molecule has 0 saturated heterocycles. The van der Waals surface area contributed by atoms with E-state index in [0.29, 0.717) is 6.54 Å². The zero-order chi connectivity index (χ0) is 16.9. The Bertz CT molecular complexity index is 542. The van der Waals surface area contributed by atoms with Crippen LogP contribution in [0.2, 0.25) is 0 Å². The number of ether oxygens (including phenoxy) is 1. The van der Waals surface area contributed by atoms with Crippen LogP contribution in [0.25, 0.3) is 0 Å². The van der Waals surface area contributed by atoms with Crippen molar-refractivity contribution >= 4 is 29.9 Å². The summed E-state index contributed by atoms with van der Waals surface area (Å²) in [6.45, 7) is 5.52. The summed E-state index contributed by atoms with van der Waals surface area (Å²) in [5.74, 6) is 0.582. The Balaban J connectivity index is 0.00000288. The van der Waals surface area contributed by atoms with E-state index in [0.717, 1.165) is 25.3 Å². The Hall–Kier alpha value is -0.890. The minimum atomic E-state index is -0.247. The topological polar surface area (TPSA) is 45.7 Å². The second-order valence-corrected chi connectivity index (χ2v) is 6.88. The maximum Gasteiger partial charge on any atom is 0.191 e. The normalized spacial score (nSPS) is 16.8. The van der Waals surface area contributed by atoms with Crippen molar-refractivity contribution in [1.82, 2.24) is 10.6 Å². The molecule has 0 aromatic heterocycles. The quantitative estimate of drug-likeness (QED) is 0.397. The fourth-order valence-corrected chi connectivity index (χ4v) is 2.82. The Kier molecular flexibility index (Phi) is 7.92. The minimum absolute atomic E-state index is 0. The summed E-state index contributed by atoms with van der Waals surface area (Å²) in [5, 5.41) is 6.71. The number of nitrogens with zero attached hydrogens (tertiary/aromatic N) is 1.